The number of H-pyrrole nitrogens is 1. The predicted molar refractivity (Wildman–Crippen MR) is 60.3 cm³/mol. The molecule has 0 bridgehead atoms. The van der Waals surface area contributed by atoms with Crippen LogP contribution in [0.25, 0.3) is 11.0 Å². The van der Waals surface area contributed by atoms with Gasteiger partial charge in [0, 0.05) is 12.1 Å². The number of nitrogens with zero attached hydrogens (tertiary/aromatic N) is 1. The first-order valence-electron chi connectivity index (χ1n) is 5.73. The first-order chi connectivity index (χ1) is 8.08. The van der Waals surface area contributed by atoms with E-state index in [1.165, 1.54) is 0 Å². The topological polar surface area (TPSA) is 54.7 Å². The molecule has 1 aliphatic carbocycles. The largest absolute Gasteiger partial charge is 0.340 e. The molecule has 0 saturated heterocycles. The van der Waals surface area contributed by atoms with E-state index in [1.54, 1.807) is 0 Å². The molecule has 3 N–H and O–H groups in total. The van der Waals surface area contributed by atoms with Crippen LogP contribution in [0.2, 0.25) is 0 Å². The molecule has 1 saturated carbocycles. The lowest BCUT2D eigenvalue weighted by molar-refractivity contribution is 0.437. The first kappa shape index (κ1) is 10.7. The Balaban J connectivity index is 2.13. The highest BCUT2D eigenvalue weighted by atomic mass is 19.2. The summed E-state index contributed by atoms with van der Waals surface area (Å²) in [5.74, 6) is -1.12. The highest BCUT2D eigenvalue weighted by Gasteiger charge is 2.34. The monoisotopic (exact) mass is 237 g/mol. The Bertz CT molecular complexity index is 531. The molecule has 1 aliphatic rings. The molecule has 1 aromatic heterocycles. The van der Waals surface area contributed by atoms with Crippen LogP contribution >= 0.6 is 0 Å². The van der Waals surface area contributed by atoms with Crippen molar-refractivity contribution in [2.75, 3.05) is 0 Å². The van der Waals surface area contributed by atoms with Gasteiger partial charge in [0.15, 0.2) is 11.6 Å². The summed E-state index contributed by atoms with van der Waals surface area (Å²) in [6.07, 6.45) is 3.85. The number of hydrogen-bond donors (Lipinski definition) is 2. The molecular weight excluding hydrogens is 224 g/mol. The van der Waals surface area contributed by atoms with Gasteiger partial charge >= 0.3 is 0 Å². The van der Waals surface area contributed by atoms with E-state index in [-0.39, 0.29) is 0 Å². The third kappa shape index (κ3) is 1.61. The van der Waals surface area contributed by atoms with Crippen molar-refractivity contribution in [3.05, 3.63) is 29.6 Å². The summed E-state index contributed by atoms with van der Waals surface area (Å²) < 4.78 is 26.1. The molecule has 0 atom stereocenters. The normalized spacial score (nSPS) is 19.0. The third-order valence-corrected chi connectivity index (χ3v) is 3.49. The van der Waals surface area contributed by atoms with Crippen LogP contribution in [0, 0.1) is 11.6 Å². The number of nitrogens with one attached hydrogen (secondary N) is 1. The number of imidazole rings is 1. The Morgan fingerprint density at radius 2 is 1.82 bits per heavy atom. The molecule has 90 valence electrons. The molecule has 0 radical (unpaired) electrons. The van der Waals surface area contributed by atoms with Crippen LogP contribution in [0.15, 0.2) is 12.1 Å². The minimum atomic E-state index is -0.881. The molecule has 0 spiro atoms. The van der Waals surface area contributed by atoms with Gasteiger partial charge in [-0.2, -0.15) is 0 Å². The van der Waals surface area contributed by atoms with Crippen LogP contribution in [0.4, 0.5) is 8.78 Å². The van der Waals surface area contributed by atoms with Crippen LogP contribution in [0.1, 0.15) is 31.5 Å². The Labute approximate surface area is 97.0 Å². The fourth-order valence-corrected chi connectivity index (χ4v) is 2.48. The highest BCUT2D eigenvalue weighted by Crippen LogP contribution is 2.35. The van der Waals surface area contributed by atoms with Gasteiger partial charge in [0.1, 0.15) is 5.82 Å². The van der Waals surface area contributed by atoms with E-state index >= 15 is 0 Å². The van der Waals surface area contributed by atoms with Crippen LogP contribution in [-0.2, 0) is 5.54 Å². The molecule has 3 rings (SSSR count). The van der Waals surface area contributed by atoms with Gasteiger partial charge in [0.25, 0.3) is 0 Å². The van der Waals surface area contributed by atoms with Gasteiger partial charge in [-0.3, -0.25) is 0 Å². The summed E-state index contributed by atoms with van der Waals surface area (Å²) >= 11 is 0. The van der Waals surface area contributed by atoms with E-state index in [2.05, 4.69) is 9.97 Å². The van der Waals surface area contributed by atoms with Crippen molar-refractivity contribution in [2.24, 2.45) is 5.73 Å². The Kier molecular flexibility index (Phi) is 2.19. The average molecular weight is 237 g/mol. The second kappa shape index (κ2) is 3.50. The van der Waals surface area contributed by atoms with Gasteiger partial charge in [-0.05, 0) is 12.8 Å². The number of halogens is 2. The van der Waals surface area contributed by atoms with Gasteiger partial charge in [-0.1, -0.05) is 12.8 Å². The van der Waals surface area contributed by atoms with Gasteiger partial charge in [-0.25, -0.2) is 13.8 Å². The summed E-state index contributed by atoms with van der Waals surface area (Å²) in [7, 11) is 0. The second-order valence-electron chi connectivity index (χ2n) is 4.73. The molecule has 3 nitrogen and oxygen atoms in total. The van der Waals surface area contributed by atoms with Crippen molar-refractivity contribution in [3.8, 4) is 0 Å². The van der Waals surface area contributed by atoms with E-state index in [9.17, 15) is 8.78 Å². The first-order valence-corrected chi connectivity index (χ1v) is 5.73. The zero-order chi connectivity index (χ0) is 12.0. The van der Waals surface area contributed by atoms with Crippen molar-refractivity contribution in [2.45, 2.75) is 31.2 Å². The number of fused-ring (bicyclic) bond motifs is 1. The number of hydrogen-bond acceptors (Lipinski definition) is 2. The average Bonchev–Trinajstić information content (AvgIpc) is 2.87. The fourth-order valence-electron chi connectivity index (χ4n) is 2.48. The van der Waals surface area contributed by atoms with Crippen molar-refractivity contribution >= 4 is 11.0 Å². The Morgan fingerprint density at radius 3 is 2.53 bits per heavy atom. The van der Waals surface area contributed by atoms with Crippen LogP contribution in [-0.4, -0.2) is 9.97 Å². The lowest BCUT2D eigenvalue weighted by Gasteiger charge is -2.19. The number of rotatable bonds is 1. The Morgan fingerprint density at radius 1 is 1.18 bits per heavy atom. The van der Waals surface area contributed by atoms with Crippen molar-refractivity contribution in [3.63, 3.8) is 0 Å². The number of benzene rings is 1. The number of nitrogens with two attached hydrogens (primary N) is 1. The van der Waals surface area contributed by atoms with Crippen molar-refractivity contribution in [1.82, 2.24) is 9.97 Å². The Hall–Kier alpha value is -1.49. The van der Waals surface area contributed by atoms with Crippen LogP contribution in [0.5, 0.6) is 0 Å². The smallest absolute Gasteiger partial charge is 0.161 e. The summed E-state index contributed by atoms with van der Waals surface area (Å²) in [6, 6.07) is 2.22. The fraction of sp³-hybridized carbons (Fsp3) is 0.417. The molecule has 1 aromatic carbocycles. The molecule has 1 fully saturated rings. The predicted octanol–water partition coefficient (Wildman–Crippen LogP) is 2.57. The van der Waals surface area contributed by atoms with Crippen molar-refractivity contribution in [1.29, 1.82) is 0 Å². The van der Waals surface area contributed by atoms with E-state index in [4.69, 9.17) is 5.73 Å². The standard InChI is InChI=1S/C12H13F2N3/c13-7-5-9-10(6-8(7)14)17-11(16-9)12(15)3-1-2-4-12/h5-6H,1-4,15H2,(H,16,17). The maximum absolute atomic E-state index is 13.1. The molecule has 0 amide bonds. The highest BCUT2D eigenvalue weighted by molar-refractivity contribution is 5.75. The van der Waals surface area contributed by atoms with E-state index in [0.29, 0.717) is 16.9 Å². The molecule has 2 aromatic rings. The summed E-state index contributed by atoms with van der Waals surface area (Å²) in [5, 5.41) is 0. The zero-order valence-corrected chi connectivity index (χ0v) is 9.26. The van der Waals surface area contributed by atoms with Gasteiger partial charge in [-0.15, -0.1) is 0 Å². The van der Waals surface area contributed by atoms with Crippen LogP contribution < -0.4 is 5.73 Å². The van der Waals surface area contributed by atoms with Crippen molar-refractivity contribution < 1.29 is 8.78 Å². The van der Waals surface area contributed by atoms with Gasteiger partial charge < -0.3 is 10.7 Å². The zero-order valence-electron chi connectivity index (χ0n) is 9.26. The van der Waals surface area contributed by atoms with E-state index in [1.807, 2.05) is 0 Å². The number of aromatic nitrogens is 2. The molecule has 0 unspecified atom stereocenters. The summed E-state index contributed by atoms with van der Waals surface area (Å²) in [4.78, 5) is 7.28. The minimum absolute atomic E-state index is 0.427. The SMILES string of the molecule is NC1(c2nc3cc(F)c(F)cc3[nH]2)CCCC1. The molecule has 5 heteroatoms. The molecule has 17 heavy (non-hydrogen) atoms. The maximum atomic E-state index is 13.1. The van der Waals surface area contributed by atoms with E-state index < -0.39 is 17.2 Å². The van der Waals surface area contributed by atoms with E-state index in [0.717, 1.165) is 37.8 Å². The maximum Gasteiger partial charge on any atom is 0.161 e. The molecular formula is C12H13F2N3. The van der Waals surface area contributed by atoms with Gasteiger partial charge in [0.05, 0.1) is 16.6 Å². The summed E-state index contributed by atoms with van der Waals surface area (Å²) in [5.41, 5.74) is 6.70. The molecule has 0 aliphatic heterocycles. The summed E-state index contributed by atoms with van der Waals surface area (Å²) in [6.45, 7) is 0. The quantitative estimate of drug-likeness (QED) is 0.800. The lowest BCUT2D eigenvalue weighted by atomic mass is 9.99. The van der Waals surface area contributed by atoms with Crippen LogP contribution in [0.3, 0.4) is 0 Å². The third-order valence-electron chi connectivity index (χ3n) is 3.49. The lowest BCUT2D eigenvalue weighted by Crippen LogP contribution is -2.34. The number of aromatic amines is 1. The minimum Gasteiger partial charge on any atom is -0.340 e. The van der Waals surface area contributed by atoms with Gasteiger partial charge in [0.2, 0.25) is 0 Å². The molecule has 1 heterocycles. The second-order valence-corrected chi connectivity index (χ2v) is 4.73.